The number of anilines is 1. The highest BCUT2D eigenvalue weighted by Crippen LogP contribution is 2.26. The number of alkyl halides is 3. The van der Waals surface area contributed by atoms with Gasteiger partial charge >= 0.3 is 18.2 Å². The smallest absolute Gasteiger partial charge is 0.355 e. The zero-order valence-electron chi connectivity index (χ0n) is 24.8. The number of hydrogen-bond acceptors (Lipinski definition) is 9. The first-order valence-electron chi connectivity index (χ1n) is 13.5. The van der Waals surface area contributed by atoms with Crippen molar-refractivity contribution < 1.29 is 39.9 Å². The van der Waals surface area contributed by atoms with E-state index in [-0.39, 0.29) is 45.5 Å². The highest BCUT2D eigenvalue weighted by atomic mass is 35.5. The van der Waals surface area contributed by atoms with Gasteiger partial charge in [0.1, 0.15) is 34.2 Å². The van der Waals surface area contributed by atoms with E-state index in [4.69, 9.17) is 27.9 Å². The van der Waals surface area contributed by atoms with Gasteiger partial charge in [-0.25, -0.2) is 32.0 Å². The molecule has 1 unspecified atom stereocenters. The van der Waals surface area contributed by atoms with Crippen LogP contribution in [-0.4, -0.2) is 60.3 Å². The molecule has 13 nitrogen and oxygen atoms in total. The summed E-state index contributed by atoms with van der Waals surface area (Å²) in [4.78, 5) is 31.5. The van der Waals surface area contributed by atoms with E-state index in [0.717, 1.165) is 34.8 Å². The summed E-state index contributed by atoms with van der Waals surface area (Å²) < 4.78 is 99.8. The number of para-hydroxylation sites is 1. The van der Waals surface area contributed by atoms with Crippen LogP contribution < -0.4 is 10.4 Å². The Bertz CT molecular complexity index is 2140. The van der Waals surface area contributed by atoms with Gasteiger partial charge in [-0.05, 0) is 56.7 Å². The monoisotopic (exact) mass is 736 g/mol. The molecule has 0 saturated heterocycles. The number of esters is 1. The second-order valence-electron chi connectivity index (χ2n) is 9.62. The maximum absolute atomic E-state index is 14.2. The van der Waals surface area contributed by atoms with Gasteiger partial charge in [0.25, 0.3) is 21.0 Å². The maximum atomic E-state index is 14.2. The van der Waals surface area contributed by atoms with Crippen molar-refractivity contribution >= 4 is 50.7 Å². The molecule has 0 fully saturated rings. The van der Waals surface area contributed by atoms with Gasteiger partial charge in [-0.2, -0.15) is 26.9 Å². The highest BCUT2D eigenvalue weighted by Gasteiger charge is 2.25. The number of nitrogens with zero attached hydrogens (tertiary/aromatic N) is 7. The summed E-state index contributed by atoms with van der Waals surface area (Å²) in [6.45, 7) is 1.51. The van der Waals surface area contributed by atoms with E-state index in [2.05, 4.69) is 20.2 Å². The van der Waals surface area contributed by atoms with Crippen LogP contribution in [0.25, 0.3) is 11.5 Å². The van der Waals surface area contributed by atoms with Gasteiger partial charge in [-0.15, -0.1) is 21.8 Å². The van der Waals surface area contributed by atoms with Crippen LogP contribution >= 0.6 is 23.2 Å². The summed E-state index contributed by atoms with van der Waals surface area (Å²) in [5.74, 6) is -3.94. The predicted octanol–water partition coefficient (Wildman–Crippen LogP) is 4.75. The molecule has 256 valence electrons. The summed E-state index contributed by atoms with van der Waals surface area (Å²) in [6.07, 6.45) is 1.36. The van der Waals surface area contributed by atoms with E-state index in [1.807, 2.05) is 0 Å². The van der Waals surface area contributed by atoms with Crippen molar-refractivity contribution in [1.82, 2.24) is 33.9 Å². The number of benzene rings is 2. The lowest BCUT2D eigenvalue weighted by Crippen LogP contribution is -2.25. The number of halogens is 7. The van der Waals surface area contributed by atoms with E-state index in [0.29, 0.717) is 10.4 Å². The third-order valence-electron chi connectivity index (χ3n) is 6.23. The van der Waals surface area contributed by atoms with Crippen LogP contribution in [0.3, 0.4) is 0 Å². The topological polar surface area (TPSA) is 155 Å². The highest BCUT2D eigenvalue weighted by molar-refractivity contribution is 7.92. The molecule has 2 aromatic carbocycles. The van der Waals surface area contributed by atoms with Gasteiger partial charge in [0.05, 0.1) is 6.61 Å². The first kappa shape index (κ1) is 36.2. The van der Waals surface area contributed by atoms with Crippen LogP contribution in [0.5, 0.6) is 0 Å². The van der Waals surface area contributed by atoms with Gasteiger partial charge < -0.3 is 4.74 Å². The molecule has 5 rings (SSSR count). The molecule has 0 radical (unpaired) electrons. The van der Waals surface area contributed by atoms with Crippen molar-refractivity contribution in [3.8, 4) is 5.69 Å². The van der Waals surface area contributed by atoms with Crippen molar-refractivity contribution in [3.05, 3.63) is 92.6 Å². The number of rotatable bonds is 9. The number of ether oxygens (including phenoxy) is 1. The quantitative estimate of drug-likeness (QED) is 0.128. The zero-order chi connectivity index (χ0) is 35.5. The lowest BCUT2D eigenvalue weighted by Gasteiger charge is -2.12. The van der Waals surface area contributed by atoms with Crippen LogP contribution in [0.15, 0.2) is 52.5 Å². The Morgan fingerprint density at radius 2 is 1.71 bits per heavy atom. The van der Waals surface area contributed by atoms with Crippen molar-refractivity contribution in [2.75, 3.05) is 11.3 Å². The molecule has 5 aromatic rings. The molecule has 0 bridgehead atoms. The fourth-order valence-corrected chi connectivity index (χ4v) is 5.41. The van der Waals surface area contributed by atoms with Crippen LogP contribution in [0.1, 0.15) is 30.6 Å². The average molecular weight is 737 g/mol. The number of hydrogen-bond donors (Lipinski definition) is 1. The third-order valence-corrected chi connectivity index (χ3v) is 8.04. The minimum atomic E-state index is -4.35. The number of carbonyl (C=O) groups excluding carboxylic acids is 1. The normalized spacial score (nSPS) is 12.1. The molecule has 48 heavy (non-hydrogen) atoms. The van der Waals surface area contributed by atoms with Crippen molar-refractivity contribution in [2.45, 2.75) is 44.3 Å². The Labute approximate surface area is 277 Å². The Kier molecular flexibility index (Phi) is 11.1. The number of aromatic nitrogens is 7. The second-order valence-corrected chi connectivity index (χ2v) is 12.1. The van der Waals surface area contributed by atoms with E-state index in [9.17, 15) is 40.0 Å². The van der Waals surface area contributed by atoms with Gasteiger partial charge in [-0.3, -0.25) is 9.52 Å². The average Bonchev–Trinajstić information content (AvgIpc) is 3.57. The Hall–Kier alpha value is -4.62. The minimum Gasteiger partial charge on any atom is -0.465 e. The van der Waals surface area contributed by atoms with Gasteiger partial charge in [0.2, 0.25) is 0 Å². The molecule has 0 aliphatic carbocycles. The van der Waals surface area contributed by atoms with Gasteiger partial charge in [0, 0.05) is 23.3 Å². The number of sulfonamides is 1. The lowest BCUT2D eigenvalue weighted by molar-refractivity contribution is -0.142. The molecule has 1 N–H and O–H groups in total. The first-order valence-corrected chi connectivity index (χ1v) is 15.8. The van der Waals surface area contributed by atoms with E-state index in [1.165, 1.54) is 13.1 Å². The molecular formula is C27H23Cl2F5N8O5S. The van der Waals surface area contributed by atoms with Crippen LogP contribution in [0.4, 0.5) is 27.6 Å². The number of aryl methyl sites for hydroxylation is 2. The number of fused-ring (bicyclic) bond motifs is 1. The fourth-order valence-electron chi connectivity index (χ4n) is 4.00. The summed E-state index contributed by atoms with van der Waals surface area (Å²) in [5, 5.41) is 5.62. The van der Waals surface area contributed by atoms with Gasteiger partial charge in [-0.1, -0.05) is 17.7 Å². The molecule has 1 atom stereocenters. The summed E-state index contributed by atoms with van der Waals surface area (Å²) >= 11 is 11.9. The minimum absolute atomic E-state index is 0.0424. The Morgan fingerprint density at radius 3 is 2.31 bits per heavy atom. The molecule has 0 aliphatic rings. The van der Waals surface area contributed by atoms with Crippen molar-refractivity contribution in [2.24, 2.45) is 0 Å². The molecule has 3 heterocycles. The van der Waals surface area contributed by atoms with Crippen LogP contribution in [-0.2, 0) is 26.0 Å². The second kappa shape index (κ2) is 14.7. The molecule has 3 aromatic heterocycles. The number of nitrogens with one attached hydrogen (secondary N) is 1. The first-order chi connectivity index (χ1) is 22.5. The molecule has 0 aliphatic heterocycles. The van der Waals surface area contributed by atoms with Crippen molar-refractivity contribution in [3.63, 3.8) is 0 Å². The summed E-state index contributed by atoms with van der Waals surface area (Å²) in [6, 6.07) is 6.63. The van der Waals surface area contributed by atoms with E-state index >= 15 is 0 Å². The van der Waals surface area contributed by atoms with E-state index in [1.54, 1.807) is 24.6 Å². The third kappa shape index (κ3) is 7.91. The maximum Gasteiger partial charge on any atom is 0.355 e. The van der Waals surface area contributed by atoms with Crippen molar-refractivity contribution in [1.29, 1.82) is 0 Å². The lowest BCUT2D eigenvalue weighted by atomic mass is 10.1. The summed E-state index contributed by atoms with van der Waals surface area (Å²) in [7, 11) is -4.35. The Morgan fingerprint density at radius 1 is 1.04 bits per heavy atom. The molecule has 0 saturated carbocycles. The molecular weight excluding hydrogens is 714 g/mol. The van der Waals surface area contributed by atoms with Crippen LogP contribution in [0, 0.1) is 31.3 Å². The molecule has 0 spiro atoms. The Balaban J connectivity index is 0.000000219. The predicted molar refractivity (Wildman–Crippen MR) is 161 cm³/mol. The summed E-state index contributed by atoms with van der Waals surface area (Å²) in [5.41, 5.74) is -1.53. The van der Waals surface area contributed by atoms with E-state index < -0.39 is 61.9 Å². The number of carbonyl (C=O) groups is 1. The standard InChI is InChI=1S/C15H14Cl2F3N3O3.C12H9F2N5O2S/c1-3-26-13(24)10(17)4-8-5-12(11(18)6-9(8)16)23-15(25)22(14(19)20)7(2)21-23;1-7-5-6-19-11(15-7)16-12(17-19)22(20,21)18-10-8(13)3-2-4-9(10)14/h5-6,10,14H,3-4H2,1-2H3;2-6,18H,1H3. The zero-order valence-corrected chi connectivity index (χ0v) is 27.2. The van der Waals surface area contributed by atoms with Crippen LogP contribution in [0.2, 0.25) is 5.02 Å². The fraction of sp³-hybridized carbons (Fsp3) is 0.259. The molecule has 0 amide bonds. The largest absolute Gasteiger partial charge is 0.465 e. The SMILES string of the molecule is CCOC(=O)C(Cl)Cc1cc(-n2nc(C)n(C(F)F)c2=O)c(F)cc1Cl.Cc1ccn2nc(S(=O)(=O)Nc3c(F)cccc3F)nc2n1. The molecule has 21 heteroatoms. The van der Waals surface area contributed by atoms with Gasteiger partial charge in [0.15, 0.2) is 5.82 Å².